The van der Waals surface area contributed by atoms with Crippen molar-refractivity contribution in [1.29, 1.82) is 0 Å². The summed E-state index contributed by atoms with van der Waals surface area (Å²) < 4.78 is 5.48. The fraction of sp³-hybridized carbons (Fsp3) is 0.667. The number of urea groups is 1. The first-order valence-electron chi connectivity index (χ1n) is 10.3. The highest BCUT2D eigenvalue weighted by Gasteiger charge is 2.25. The molecule has 1 aromatic carbocycles. The maximum absolute atomic E-state index is 12.7. The van der Waals surface area contributed by atoms with Crippen LogP contribution in [-0.2, 0) is 4.74 Å². The van der Waals surface area contributed by atoms with Crippen LogP contribution in [0.1, 0.15) is 20.3 Å². The molecule has 1 atom stereocenters. The monoisotopic (exact) mass is 374 g/mol. The molecular formula is C21H34N4O2. The van der Waals surface area contributed by atoms with Crippen molar-refractivity contribution in [1.82, 2.24) is 15.1 Å². The molecule has 0 unspecified atom stereocenters. The van der Waals surface area contributed by atoms with Gasteiger partial charge in [0.15, 0.2) is 0 Å². The van der Waals surface area contributed by atoms with Gasteiger partial charge in [0.1, 0.15) is 0 Å². The number of amides is 2. The molecule has 0 radical (unpaired) electrons. The molecule has 2 heterocycles. The smallest absolute Gasteiger partial charge is 0.317 e. The van der Waals surface area contributed by atoms with Gasteiger partial charge in [0.25, 0.3) is 0 Å². The number of carbonyl (C=O) groups is 1. The highest BCUT2D eigenvalue weighted by molar-refractivity contribution is 5.74. The molecule has 1 aromatic rings. The number of anilines is 1. The van der Waals surface area contributed by atoms with Gasteiger partial charge in [-0.15, -0.1) is 0 Å². The van der Waals surface area contributed by atoms with Gasteiger partial charge >= 0.3 is 6.03 Å². The van der Waals surface area contributed by atoms with Crippen molar-refractivity contribution in [3.05, 3.63) is 30.3 Å². The average Bonchev–Trinajstić information content (AvgIpc) is 2.72. The lowest BCUT2D eigenvalue weighted by Crippen LogP contribution is -2.55. The molecule has 2 aliphatic heterocycles. The zero-order valence-electron chi connectivity index (χ0n) is 16.8. The molecule has 150 valence electrons. The summed E-state index contributed by atoms with van der Waals surface area (Å²) in [7, 11) is 0. The van der Waals surface area contributed by atoms with Crippen LogP contribution in [0.15, 0.2) is 30.3 Å². The maximum atomic E-state index is 12.7. The number of hydrogen-bond acceptors (Lipinski definition) is 4. The maximum Gasteiger partial charge on any atom is 0.317 e. The van der Waals surface area contributed by atoms with Gasteiger partial charge in [0.05, 0.1) is 13.2 Å². The third kappa shape index (κ3) is 5.84. The van der Waals surface area contributed by atoms with E-state index in [-0.39, 0.29) is 6.03 Å². The minimum atomic E-state index is 0.0738. The standard InChI is InChI=1S/C21H34N4O2/c1-18(2)16-20(24-12-14-27-15-13-24)17-22-21(26)25-10-8-23(9-11-25)19-6-4-3-5-7-19/h3-7,18,20H,8-17H2,1-2H3,(H,22,26)/t20-/m1/s1. The Bertz CT molecular complexity index is 567. The van der Waals surface area contributed by atoms with E-state index < -0.39 is 0 Å². The minimum absolute atomic E-state index is 0.0738. The van der Waals surface area contributed by atoms with Crippen LogP contribution in [-0.4, -0.2) is 80.9 Å². The summed E-state index contributed by atoms with van der Waals surface area (Å²) in [5.41, 5.74) is 1.24. The van der Waals surface area contributed by atoms with E-state index in [4.69, 9.17) is 4.74 Å². The van der Waals surface area contributed by atoms with E-state index in [0.717, 1.165) is 65.4 Å². The number of morpholine rings is 1. The molecule has 6 heteroatoms. The molecule has 1 N–H and O–H groups in total. The molecule has 27 heavy (non-hydrogen) atoms. The molecule has 2 amide bonds. The Morgan fingerprint density at radius 2 is 1.70 bits per heavy atom. The highest BCUT2D eigenvalue weighted by atomic mass is 16.5. The second-order valence-corrected chi connectivity index (χ2v) is 7.93. The van der Waals surface area contributed by atoms with Gasteiger partial charge in [-0.2, -0.15) is 0 Å². The van der Waals surface area contributed by atoms with E-state index in [0.29, 0.717) is 12.0 Å². The number of rotatable bonds is 6. The van der Waals surface area contributed by atoms with Gasteiger partial charge in [-0.25, -0.2) is 4.79 Å². The zero-order valence-corrected chi connectivity index (χ0v) is 16.8. The Labute approximate surface area is 163 Å². The highest BCUT2D eigenvalue weighted by Crippen LogP contribution is 2.16. The van der Waals surface area contributed by atoms with E-state index in [9.17, 15) is 4.79 Å². The van der Waals surface area contributed by atoms with Crippen LogP contribution in [0, 0.1) is 5.92 Å². The first-order valence-corrected chi connectivity index (χ1v) is 10.3. The summed E-state index contributed by atoms with van der Waals surface area (Å²) in [4.78, 5) is 19.4. The van der Waals surface area contributed by atoms with Crippen LogP contribution in [0.25, 0.3) is 0 Å². The van der Waals surface area contributed by atoms with Crippen LogP contribution >= 0.6 is 0 Å². The molecule has 6 nitrogen and oxygen atoms in total. The first-order chi connectivity index (χ1) is 13.1. The summed E-state index contributed by atoms with van der Waals surface area (Å²) in [6, 6.07) is 10.9. The molecule has 0 aliphatic carbocycles. The van der Waals surface area contributed by atoms with Gasteiger partial charge in [-0.1, -0.05) is 32.0 Å². The minimum Gasteiger partial charge on any atom is -0.379 e. The Hall–Kier alpha value is -1.79. The largest absolute Gasteiger partial charge is 0.379 e. The van der Waals surface area contributed by atoms with Crippen molar-refractivity contribution in [3.63, 3.8) is 0 Å². The van der Waals surface area contributed by atoms with Gasteiger partial charge in [0.2, 0.25) is 0 Å². The van der Waals surface area contributed by atoms with Crippen molar-refractivity contribution in [3.8, 4) is 0 Å². The van der Waals surface area contributed by atoms with E-state index in [1.807, 2.05) is 11.0 Å². The van der Waals surface area contributed by atoms with Crippen LogP contribution < -0.4 is 10.2 Å². The zero-order chi connectivity index (χ0) is 19.1. The van der Waals surface area contributed by atoms with Gasteiger partial charge in [0, 0.05) is 57.5 Å². The lowest BCUT2D eigenvalue weighted by Gasteiger charge is -2.38. The number of para-hydroxylation sites is 1. The van der Waals surface area contributed by atoms with Gasteiger partial charge in [-0.3, -0.25) is 4.90 Å². The quantitative estimate of drug-likeness (QED) is 0.830. The van der Waals surface area contributed by atoms with Crippen molar-refractivity contribution in [2.45, 2.75) is 26.3 Å². The summed E-state index contributed by atoms with van der Waals surface area (Å²) in [5, 5.41) is 3.20. The fourth-order valence-corrected chi connectivity index (χ4v) is 3.97. The lowest BCUT2D eigenvalue weighted by atomic mass is 10.0. The number of piperazine rings is 1. The molecule has 0 spiro atoms. The van der Waals surface area contributed by atoms with Gasteiger partial charge in [-0.05, 0) is 24.5 Å². The lowest BCUT2D eigenvalue weighted by molar-refractivity contribution is 0.0127. The molecule has 0 bridgehead atoms. The predicted molar refractivity (Wildman–Crippen MR) is 109 cm³/mol. The average molecular weight is 375 g/mol. The summed E-state index contributed by atoms with van der Waals surface area (Å²) in [6.45, 7) is 12.0. The summed E-state index contributed by atoms with van der Waals surface area (Å²) >= 11 is 0. The third-order valence-electron chi connectivity index (χ3n) is 5.48. The topological polar surface area (TPSA) is 48.1 Å². The van der Waals surface area contributed by atoms with Gasteiger partial charge < -0.3 is 19.9 Å². The molecule has 2 fully saturated rings. The number of carbonyl (C=O) groups excluding carboxylic acids is 1. The molecule has 2 aliphatic rings. The first kappa shape index (κ1) is 20.0. The normalized spacial score (nSPS) is 20.0. The Morgan fingerprint density at radius 3 is 2.33 bits per heavy atom. The number of hydrogen-bond donors (Lipinski definition) is 1. The van der Waals surface area contributed by atoms with E-state index >= 15 is 0 Å². The van der Waals surface area contributed by atoms with Crippen LogP contribution in [0.5, 0.6) is 0 Å². The number of nitrogens with one attached hydrogen (secondary N) is 1. The Kier molecular flexibility index (Phi) is 7.35. The Morgan fingerprint density at radius 1 is 1.04 bits per heavy atom. The molecule has 0 saturated carbocycles. The van der Waals surface area contributed by atoms with Crippen molar-refractivity contribution >= 4 is 11.7 Å². The van der Waals surface area contributed by atoms with E-state index in [2.05, 4.69) is 53.2 Å². The second kappa shape index (κ2) is 9.95. The Balaban J connectivity index is 1.46. The van der Waals surface area contributed by atoms with E-state index in [1.54, 1.807) is 0 Å². The molecule has 3 rings (SSSR count). The van der Waals surface area contributed by atoms with Crippen molar-refractivity contribution in [2.75, 3.05) is 63.9 Å². The van der Waals surface area contributed by atoms with E-state index in [1.165, 1.54) is 5.69 Å². The molecule has 0 aromatic heterocycles. The number of ether oxygens (including phenoxy) is 1. The van der Waals surface area contributed by atoms with Crippen LogP contribution in [0.4, 0.5) is 10.5 Å². The summed E-state index contributed by atoms with van der Waals surface area (Å²) in [5.74, 6) is 0.615. The van der Waals surface area contributed by atoms with Crippen LogP contribution in [0.2, 0.25) is 0 Å². The molecule has 2 saturated heterocycles. The van der Waals surface area contributed by atoms with Crippen molar-refractivity contribution < 1.29 is 9.53 Å². The SMILES string of the molecule is CC(C)C[C@H](CNC(=O)N1CCN(c2ccccc2)CC1)N1CCOCC1. The summed E-state index contributed by atoms with van der Waals surface area (Å²) in [6.07, 6.45) is 1.10. The second-order valence-electron chi connectivity index (χ2n) is 7.93. The van der Waals surface area contributed by atoms with Crippen LogP contribution in [0.3, 0.4) is 0 Å². The van der Waals surface area contributed by atoms with Crippen molar-refractivity contribution in [2.24, 2.45) is 5.92 Å². The third-order valence-corrected chi connectivity index (χ3v) is 5.48. The fourth-order valence-electron chi connectivity index (χ4n) is 3.97. The number of nitrogens with zero attached hydrogens (tertiary/aromatic N) is 3. The predicted octanol–water partition coefficient (Wildman–Crippen LogP) is 2.27. The molecular weight excluding hydrogens is 340 g/mol. The number of benzene rings is 1.